The Balaban J connectivity index is 2.15. The fraction of sp³-hybridized carbons (Fsp3) is 0.667. The van der Waals surface area contributed by atoms with Crippen molar-refractivity contribution in [3.8, 4) is 0 Å². The van der Waals surface area contributed by atoms with Crippen LogP contribution in [0.4, 0.5) is 0 Å². The van der Waals surface area contributed by atoms with E-state index in [1.54, 1.807) is 11.8 Å². The fourth-order valence-electron chi connectivity index (χ4n) is 2.26. The van der Waals surface area contributed by atoms with Crippen LogP contribution >= 0.6 is 11.8 Å². The lowest BCUT2D eigenvalue weighted by Crippen LogP contribution is -2.46. The Labute approximate surface area is 118 Å². The van der Waals surface area contributed by atoms with Gasteiger partial charge in [-0.15, -0.1) is 0 Å². The summed E-state index contributed by atoms with van der Waals surface area (Å²) in [6.07, 6.45) is 1.30. The van der Waals surface area contributed by atoms with E-state index in [1.165, 1.54) is 6.26 Å². The maximum atomic E-state index is 11.8. The van der Waals surface area contributed by atoms with Gasteiger partial charge < -0.3 is 10.2 Å². The lowest BCUT2D eigenvalue weighted by molar-refractivity contribution is 0.239. The van der Waals surface area contributed by atoms with Gasteiger partial charge in [0.25, 0.3) is 0 Å². The molecule has 2 heterocycles. The average molecular weight is 304 g/mol. The molecule has 0 spiro atoms. The first-order valence-corrected chi connectivity index (χ1v) is 9.31. The van der Waals surface area contributed by atoms with E-state index in [0.717, 1.165) is 29.4 Å². The van der Waals surface area contributed by atoms with Crippen LogP contribution in [0.5, 0.6) is 0 Å². The first-order valence-electron chi connectivity index (χ1n) is 6.20. The molecular formula is C12H20N2O3S2. The molecule has 0 aromatic carbocycles. The number of aryl methyl sites for hydroxylation is 1. The largest absolute Gasteiger partial charge is 0.465 e. The van der Waals surface area contributed by atoms with Crippen molar-refractivity contribution >= 4 is 21.6 Å². The number of furan rings is 1. The molecule has 2 N–H and O–H groups in total. The zero-order chi connectivity index (χ0) is 14.0. The van der Waals surface area contributed by atoms with E-state index in [0.29, 0.717) is 18.8 Å². The summed E-state index contributed by atoms with van der Waals surface area (Å²) in [5, 5.41) is -0.419. The number of rotatable bonds is 4. The summed E-state index contributed by atoms with van der Waals surface area (Å²) in [4.78, 5) is 1.98. The van der Waals surface area contributed by atoms with Gasteiger partial charge in [0.05, 0.1) is 6.54 Å². The number of thioether (sulfide) groups is 1. The van der Waals surface area contributed by atoms with Gasteiger partial charge in [-0.25, -0.2) is 8.42 Å². The Hall–Kier alpha value is -0.500. The van der Waals surface area contributed by atoms with Gasteiger partial charge in [0, 0.05) is 36.4 Å². The number of nitrogens with two attached hydrogens (primary N) is 1. The van der Waals surface area contributed by atoms with Crippen molar-refractivity contribution in [2.24, 2.45) is 5.73 Å². The van der Waals surface area contributed by atoms with Gasteiger partial charge in [0.1, 0.15) is 16.9 Å². The number of hydrogen-bond donors (Lipinski definition) is 1. The summed E-state index contributed by atoms with van der Waals surface area (Å²) in [5.74, 6) is 3.19. The standard InChI is InChI=1S/C12H20N2O3S2/c1-9-10(6-13)5-11(17-9)7-14-3-4-18-8-12(14)19(2,15)16/h5,12H,3-4,6-8,13H2,1-2H3. The summed E-state index contributed by atoms with van der Waals surface area (Å²) >= 11 is 1.69. The molecule has 1 aliphatic heterocycles. The minimum Gasteiger partial charge on any atom is -0.465 e. The Bertz CT molecular complexity index is 539. The molecule has 0 amide bonds. The normalized spacial score (nSPS) is 21.7. The van der Waals surface area contributed by atoms with Crippen LogP contribution in [-0.4, -0.2) is 43.0 Å². The molecule has 5 nitrogen and oxygen atoms in total. The third-order valence-corrected chi connectivity index (χ3v) is 6.02. The third kappa shape index (κ3) is 3.53. The van der Waals surface area contributed by atoms with Crippen LogP contribution in [0, 0.1) is 6.92 Å². The quantitative estimate of drug-likeness (QED) is 0.893. The molecule has 1 saturated heterocycles. The Kier molecular flexibility index (Phi) is 4.60. The van der Waals surface area contributed by atoms with Crippen LogP contribution in [0.2, 0.25) is 0 Å². The lowest BCUT2D eigenvalue weighted by atomic mass is 10.2. The maximum absolute atomic E-state index is 11.8. The molecular weight excluding hydrogens is 284 g/mol. The van der Waals surface area contributed by atoms with E-state index < -0.39 is 15.2 Å². The monoisotopic (exact) mass is 304 g/mol. The lowest BCUT2D eigenvalue weighted by Gasteiger charge is -2.33. The van der Waals surface area contributed by atoms with Gasteiger partial charge >= 0.3 is 0 Å². The molecule has 108 valence electrons. The molecule has 0 aliphatic carbocycles. The minimum atomic E-state index is -3.07. The van der Waals surface area contributed by atoms with Gasteiger partial charge in [-0.05, 0) is 13.0 Å². The smallest absolute Gasteiger partial charge is 0.164 e. The highest BCUT2D eigenvalue weighted by Crippen LogP contribution is 2.24. The summed E-state index contributed by atoms with van der Waals surface area (Å²) in [6.45, 7) is 3.62. The summed E-state index contributed by atoms with van der Waals surface area (Å²) in [7, 11) is -3.07. The topological polar surface area (TPSA) is 76.5 Å². The molecule has 0 saturated carbocycles. The van der Waals surface area contributed by atoms with Gasteiger partial charge in [0.2, 0.25) is 0 Å². The van der Waals surface area contributed by atoms with Gasteiger partial charge in [-0.1, -0.05) is 0 Å². The molecule has 1 unspecified atom stereocenters. The number of sulfone groups is 1. The van der Waals surface area contributed by atoms with E-state index in [-0.39, 0.29) is 0 Å². The molecule has 1 aromatic rings. The van der Waals surface area contributed by atoms with Crippen LogP contribution in [0.3, 0.4) is 0 Å². The third-order valence-electron chi connectivity index (χ3n) is 3.34. The van der Waals surface area contributed by atoms with E-state index >= 15 is 0 Å². The second-order valence-electron chi connectivity index (χ2n) is 4.83. The Morgan fingerprint density at radius 3 is 2.89 bits per heavy atom. The molecule has 2 rings (SSSR count). The van der Waals surface area contributed by atoms with Crippen LogP contribution in [0.25, 0.3) is 0 Å². The highest BCUT2D eigenvalue weighted by Gasteiger charge is 2.31. The first-order chi connectivity index (χ1) is 8.91. The van der Waals surface area contributed by atoms with Crippen LogP contribution in [0.15, 0.2) is 10.5 Å². The highest BCUT2D eigenvalue weighted by molar-refractivity contribution is 8.00. The zero-order valence-electron chi connectivity index (χ0n) is 11.3. The van der Waals surface area contributed by atoms with Gasteiger partial charge in [0.15, 0.2) is 9.84 Å². The van der Waals surface area contributed by atoms with Crippen molar-refractivity contribution in [3.05, 3.63) is 23.2 Å². The molecule has 1 atom stereocenters. The SMILES string of the molecule is Cc1oc(CN2CCSCC2S(C)(=O)=O)cc1CN. The molecule has 0 radical (unpaired) electrons. The molecule has 1 fully saturated rings. The van der Waals surface area contributed by atoms with Crippen molar-refractivity contribution in [2.45, 2.75) is 25.4 Å². The average Bonchev–Trinajstić information content (AvgIpc) is 2.69. The number of hydrogen-bond acceptors (Lipinski definition) is 6. The van der Waals surface area contributed by atoms with E-state index in [1.807, 2.05) is 17.9 Å². The van der Waals surface area contributed by atoms with Gasteiger partial charge in [-0.3, -0.25) is 4.90 Å². The maximum Gasteiger partial charge on any atom is 0.164 e. The van der Waals surface area contributed by atoms with Crippen molar-refractivity contribution < 1.29 is 12.8 Å². The fourth-order valence-corrected chi connectivity index (χ4v) is 5.20. The Morgan fingerprint density at radius 1 is 1.58 bits per heavy atom. The highest BCUT2D eigenvalue weighted by atomic mass is 32.2. The van der Waals surface area contributed by atoms with E-state index in [9.17, 15) is 8.42 Å². The van der Waals surface area contributed by atoms with Crippen LogP contribution < -0.4 is 5.73 Å². The molecule has 1 aromatic heterocycles. The van der Waals surface area contributed by atoms with Crippen LogP contribution in [-0.2, 0) is 22.9 Å². The van der Waals surface area contributed by atoms with Crippen LogP contribution in [0.1, 0.15) is 17.1 Å². The molecule has 0 bridgehead atoms. The Morgan fingerprint density at radius 2 is 2.32 bits per heavy atom. The molecule has 1 aliphatic rings. The molecule has 7 heteroatoms. The van der Waals surface area contributed by atoms with Crippen molar-refractivity contribution in [1.29, 1.82) is 0 Å². The van der Waals surface area contributed by atoms with Crippen molar-refractivity contribution in [3.63, 3.8) is 0 Å². The summed E-state index contributed by atoms with van der Waals surface area (Å²) in [6, 6.07) is 1.93. The van der Waals surface area contributed by atoms with E-state index in [2.05, 4.69) is 0 Å². The molecule has 19 heavy (non-hydrogen) atoms. The minimum absolute atomic E-state index is 0.419. The summed E-state index contributed by atoms with van der Waals surface area (Å²) < 4.78 is 29.3. The van der Waals surface area contributed by atoms with Crippen molar-refractivity contribution in [2.75, 3.05) is 24.3 Å². The van der Waals surface area contributed by atoms with Crippen molar-refractivity contribution in [1.82, 2.24) is 4.90 Å². The zero-order valence-corrected chi connectivity index (χ0v) is 12.9. The van der Waals surface area contributed by atoms with E-state index in [4.69, 9.17) is 10.2 Å². The van der Waals surface area contributed by atoms with Gasteiger partial charge in [-0.2, -0.15) is 11.8 Å². The second kappa shape index (κ2) is 5.87. The summed E-state index contributed by atoms with van der Waals surface area (Å²) in [5.41, 5.74) is 6.60. The second-order valence-corrected chi connectivity index (χ2v) is 8.18. The predicted molar refractivity (Wildman–Crippen MR) is 77.7 cm³/mol. The number of nitrogens with zero attached hydrogens (tertiary/aromatic N) is 1. The first kappa shape index (κ1) is 14.9. The predicted octanol–water partition coefficient (Wildman–Crippen LogP) is 0.966.